The largest absolute Gasteiger partial charge is 0.299 e. The third-order valence-corrected chi connectivity index (χ3v) is 3.52. The number of Topliss-reactive ketones (excluding diaryl/α,β-unsaturated/α-hetero) is 1. The average Bonchev–Trinajstić information content (AvgIpc) is 2.27. The van der Waals surface area contributed by atoms with Crippen LogP contribution < -0.4 is 0 Å². The van der Waals surface area contributed by atoms with E-state index in [0.29, 0.717) is 11.7 Å². The van der Waals surface area contributed by atoms with Crippen LogP contribution in [0.25, 0.3) is 0 Å². The molecule has 0 bridgehead atoms. The summed E-state index contributed by atoms with van der Waals surface area (Å²) in [6.07, 6.45) is 12.1. The van der Waals surface area contributed by atoms with E-state index in [4.69, 9.17) is 0 Å². The second-order valence-electron chi connectivity index (χ2n) is 5.52. The molecule has 17 heavy (non-hydrogen) atoms. The molecular weight excluding hydrogens is 208 g/mol. The topological polar surface area (TPSA) is 17.1 Å². The molecule has 0 aromatic rings. The van der Waals surface area contributed by atoms with Crippen LogP contribution in [0.5, 0.6) is 0 Å². The van der Waals surface area contributed by atoms with Crippen molar-refractivity contribution in [3.8, 4) is 0 Å². The first-order valence-electron chi connectivity index (χ1n) is 6.91. The lowest BCUT2D eigenvalue weighted by atomic mass is 9.85. The van der Waals surface area contributed by atoms with Crippen LogP contribution in [0.15, 0.2) is 23.3 Å². The Kier molecular flexibility index (Phi) is 6.25. The van der Waals surface area contributed by atoms with Crippen molar-refractivity contribution >= 4 is 5.78 Å². The Morgan fingerprint density at radius 3 is 2.65 bits per heavy atom. The molecule has 0 saturated heterocycles. The van der Waals surface area contributed by atoms with Gasteiger partial charge in [0.05, 0.1) is 0 Å². The maximum Gasteiger partial charge on any atom is 0.136 e. The molecule has 0 aliphatic heterocycles. The molecule has 1 rings (SSSR count). The monoisotopic (exact) mass is 234 g/mol. The Balaban J connectivity index is 2.31. The third kappa shape index (κ3) is 5.86. The van der Waals surface area contributed by atoms with Crippen molar-refractivity contribution in [1.82, 2.24) is 0 Å². The summed E-state index contributed by atoms with van der Waals surface area (Å²) in [4.78, 5) is 11.7. The fourth-order valence-corrected chi connectivity index (χ4v) is 2.34. The highest BCUT2D eigenvalue weighted by Gasteiger charge is 2.20. The van der Waals surface area contributed by atoms with E-state index in [0.717, 1.165) is 38.5 Å². The van der Waals surface area contributed by atoms with Crippen molar-refractivity contribution in [2.45, 2.75) is 65.7 Å². The van der Waals surface area contributed by atoms with Crippen molar-refractivity contribution in [2.24, 2.45) is 5.92 Å². The summed E-state index contributed by atoms with van der Waals surface area (Å²) in [5.74, 6) is 0.812. The van der Waals surface area contributed by atoms with Gasteiger partial charge >= 0.3 is 0 Å². The Bertz CT molecular complexity index is 305. The Morgan fingerprint density at radius 2 is 2.00 bits per heavy atom. The lowest BCUT2D eigenvalue weighted by Gasteiger charge is -2.19. The van der Waals surface area contributed by atoms with Gasteiger partial charge in [-0.1, -0.05) is 29.7 Å². The Morgan fingerprint density at radius 1 is 1.24 bits per heavy atom. The number of carbonyl (C=O) groups is 1. The second kappa shape index (κ2) is 7.47. The van der Waals surface area contributed by atoms with Gasteiger partial charge in [0, 0.05) is 12.3 Å². The maximum absolute atomic E-state index is 11.7. The van der Waals surface area contributed by atoms with Gasteiger partial charge in [-0.3, -0.25) is 4.79 Å². The number of hydrogen-bond acceptors (Lipinski definition) is 1. The first-order chi connectivity index (χ1) is 8.09. The van der Waals surface area contributed by atoms with E-state index in [1.54, 1.807) is 0 Å². The summed E-state index contributed by atoms with van der Waals surface area (Å²) in [5.41, 5.74) is 2.82. The molecule has 1 atom stereocenters. The highest BCUT2D eigenvalue weighted by atomic mass is 16.1. The van der Waals surface area contributed by atoms with Crippen molar-refractivity contribution in [3.63, 3.8) is 0 Å². The van der Waals surface area contributed by atoms with E-state index in [2.05, 4.69) is 32.9 Å². The van der Waals surface area contributed by atoms with Crippen LogP contribution >= 0.6 is 0 Å². The van der Waals surface area contributed by atoms with E-state index in [1.165, 1.54) is 17.6 Å². The molecule has 0 aromatic carbocycles. The number of hydrogen-bond donors (Lipinski definition) is 0. The molecule has 1 fully saturated rings. The average molecular weight is 234 g/mol. The zero-order chi connectivity index (χ0) is 12.7. The first-order valence-corrected chi connectivity index (χ1v) is 6.91. The van der Waals surface area contributed by atoms with Gasteiger partial charge in [0.25, 0.3) is 0 Å². The molecule has 0 amide bonds. The molecule has 0 heterocycles. The van der Waals surface area contributed by atoms with E-state index in [9.17, 15) is 4.79 Å². The van der Waals surface area contributed by atoms with Gasteiger partial charge in [-0.25, -0.2) is 0 Å². The minimum atomic E-state index is 0.321. The van der Waals surface area contributed by atoms with Gasteiger partial charge in [0.2, 0.25) is 0 Å². The summed E-state index contributed by atoms with van der Waals surface area (Å²) >= 11 is 0. The van der Waals surface area contributed by atoms with Crippen LogP contribution in [-0.4, -0.2) is 5.78 Å². The molecule has 0 aromatic heterocycles. The first kappa shape index (κ1) is 14.2. The van der Waals surface area contributed by atoms with Gasteiger partial charge in [-0.05, 0) is 52.9 Å². The predicted molar refractivity (Wildman–Crippen MR) is 74.0 cm³/mol. The van der Waals surface area contributed by atoms with Gasteiger partial charge in [-0.15, -0.1) is 0 Å². The van der Waals surface area contributed by atoms with Crippen molar-refractivity contribution in [2.75, 3.05) is 0 Å². The van der Waals surface area contributed by atoms with E-state index in [1.807, 2.05) is 0 Å². The molecule has 1 unspecified atom stereocenters. The standard InChI is InChI=1S/C16H26O/c1-13(2)7-6-8-14(3)11-12-15-9-4-5-10-16(15)17/h7,11,15H,4-6,8-10,12H2,1-3H3/b14-11-. The molecular formula is C16H26O. The molecule has 1 aliphatic rings. The quantitative estimate of drug-likeness (QED) is 0.623. The summed E-state index contributed by atoms with van der Waals surface area (Å²) < 4.78 is 0. The summed E-state index contributed by atoms with van der Waals surface area (Å²) in [6, 6.07) is 0. The molecule has 0 radical (unpaired) electrons. The van der Waals surface area contributed by atoms with E-state index >= 15 is 0 Å². The van der Waals surface area contributed by atoms with Crippen LogP contribution in [0.4, 0.5) is 0 Å². The van der Waals surface area contributed by atoms with Gasteiger partial charge in [0.15, 0.2) is 0 Å². The zero-order valence-electron chi connectivity index (χ0n) is 11.6. The van der Waals surface area contributed by atoms with Crippen LogP contribution in [0, 0.1) is 5.92 Å². The lowest BCUT2D eigenvalue weighted by Crippen LogP contribution is -2.18. The summed E-state index contributed by atoms with van der Waals surface area (Å²) in [5, 5.41) is 0. The van der Waals surface area contributed by atoms with Gasteiger partial charge in [-0.2, -0.15) is 0 Å². The van der Waals surface area contributed by atoms with E-state index in [-0.39, 0.29) is 0 Å². The predicted octanol–water partition coefficient (Wildman–Crippen LogP) is 4.83. The number of ketones is 1. The summed E-state index contributed by atoms with van der Waals surface area (Å²) in [7, 11) is 0. The van der Waals surface area contributed by atoms with Gasteiger partial charge in [0.1, 0.15) is 5.78 Å². The Labute approximate surface area is 106 Å². The molecule has 96 valence electrons. The van der Waals surface area contributed by atoms with Crippen molar-refractivity contribution in [1.29, 1.82) is 0 Å². The molecule has 1 nitrogen and oxygen atoms in total. The van der Waals surface area contributed by atoms with Crippen LogP contribution in [0.1, 0.15) is 65.7 Å². The van der Waals surface area contributed by atoms with Crippen molar-refractivity contribution < 1.29 is 4.79 Å². The van der Waals surface area contributed by atoms with Crippen molar-refractivity contribution in [3.05, 3.63) is 23.3 Å². The highest BCUT2D eigenvalue weighted by Crippen LogP contribution is 2.24. The van der Waals surface area contributed by atoms with Gasteiger partial charge < -0.3 is 0 Å². The number of rotatable bonds is 5. The Hall–Kier alpha value is -0.850. The summed E-state index contributed by atoms with van der Waals surface area (Å²) in [6.45, 7) is 6.46. The molecule has 1 heteroatoms. The van der Waals surface area contributed by atoms with Crippen LogP contribution in [0.3, 0.4) is 0 Å². The lowest BCUT2D eigenvalue weighted by molar-refractivity contribution is -0.124. The van der Waals surface area contributed by atoms with E-state index < -0.39 is 0 Å². The SMILES string of the molecule is CC(C)=CCC/C(C)=C\CC1CCCCC1=O. The fraction of sp³-hybridized carbons (Fsp3) is 0.688. The minimum absolute atomic E-state index is 0.321. The minimum Gasteiger partial charge on any atom is -0.299 e. The highest BCUT2D eigenvalue weighted by molar-refractivity contribution is 5.81. The fourth-order valence-electron chi connectivity index (χ4n) is 2.34. The number of allylic oxidation sites excluding steroid dienone is 4. The number of carbonyl (C=O) groups excluding carboxylic acids is 1. The molecule has 1 saturated carbocycles. The molecule has 0 N–H and O–H groups in total. The smallest absolute Gasteiger partial charge is 0.136 e. The second-order valence-corrected chi connectivity index (χ2v) is 5.52. The normalized spacial score (nSPS) is 21.5. The zero-order valence-corrected chi connectivity index (χ0v) is 11.6. The maximum atomic E-state index is 11.7. The molecule has 0 spiro atoms. The van der Waals surface area contributed by atoms with Crippen LogP contribution in [-0.2, 0) is 4.79 Å². The third-order valence-electron chi connectivity index (χ3n) is 3.52. The van der Waals surface area contributed by atoms with Crippen LogP contribution in [0.2, 0.25) is 0 Å². The molecule has 1 aliphatic carbocycles.